The third kappa shape index (κ3) is 2.20. The first-order valence-electron chi connectivity index (χ1n) is 5.29. The van der Waals surface area contributed by atoms with Crippen LogP contribution in [0, 0.1) is 0 Å². The molecule has 0 aromatic carbocycles. The maximum Gasteiger partial charge on any atom is 0.234 e. The van der Waals surface area contributed by atoms with Gasteiger partial charge in [0.2, 0.25) is 5.89 Å². The number of hydrogen-bond acceptors (Lipinski definition) is 4. The number of nitrogens with zero attached hydrogens (tertiary/aromatic N) is 2. The molecule has 1 aromatic rings. The van der Waals surface area contributed by atoms with Gasteiger partial charge in [-0.05, 0) is 27.7 Å². The Morgan fingerprint density at radius 1 is 1.20 bits per heavy atom. The minimum absolute atomic E-state index is 0.277. The molecule has 0 atom stereocenters. The second kappa shape index (κ2) is 3.59. The molecule has 0 fully saturated rings. The molecule has 0 aliphatic heterocycles. The monoisotopic (exact) mass is 211 g/mol. The van der Waals surface area contributed by atoms with E-state index < -0.39 is 5.54 Å². The van der Waals surface area contributed by atoms with Gasteiger partial charge in [-0.1, -0.05) is 19.0 Å². The SMILES string of the molecule is CC(C)c1noc(C(C)(C)C(C)(C)N)n1. The third-order valence-electron chi connectivity index (χ3n) is 3.10. The van der Waals surface area contributed by atoms with Crippen molar-refractivity contribution in [2.45, 2.75) is 58.4 Å². The molecule has 2 N–H and O–H groups in total. The van der Waals surface area contributed by atoms with E-state index in [2.05, 4.69) is 10.1 Å². The van der Waals surface area contributed by atoms with Crippen LogP contribution < -0.4 is 5.73 Å². The van der Waals surface area contributed by atoms with Crippen molar-refractivity contribution in [2.24, 2.45) is 5.73 Å². The zero-order valence-corrected chi connectivity index (χ0v) is 10.5. The van der Waals surface area contributed by atoms with Crippen LogP contribution in [0.5, 0.6) is 0 Å². The summed E-state index contributed by atoms with van der Waals surface area (Å²) in [6, 6.07) is 0. The first-order valence-corrected chi connectivity index (χ1v) is 5.29. The van der Waals surface area contributed by atoms with Crippen molar-refractivity contribution in [1.29, 1.82) is 0 Å². The Morgan fingerprint density at radius 3 is 2.07 bits per heavy atom. The lowest BCUT2D eigenvalue weighted by Gasteiger charge is -2.34. The van der Waals surface area contributed by atoms with Crippen molar-refractivity contribution in [2.75, 3.05) is 0 Å². The van der Waals surface area contributed by atoms with E-state index >= 15 is 0 Å². The van der Waals surface area contributed by atoms with E-state index in [0.717, 1.165) is 5.82 Å². The van der Waals surface area contributed by atoms with Crippen LogP contribution in [0.3, 0.4) is 0 Å². The van der Waals surface area contributed by atoms with Crippen LogP contribution in [-0.2, 0) is 5.41 Å². The van der Waals surface area contributed by atoms with Gasteiger partial charge in [-0.2, -0.15) is 4.98 Å². The van der Waals surface area contributed by atoms with Crippen molar-refractivity contribution in [3.8, 4) is 0 Å². The summed E-state index contributed by atoms with van der Waals surface area (Å²) in [6.45, 7) is 12.0. The molecule has 0 spiro atoms. The van der Waals surface area contributed by atoms with E-state index in [4.69, 9.17) is 10.3 Å². The van der Waals surface area contributed by atoms with Crippen LogP contribution in [0.4, 0.5) is 0 Å². The third-order valence-corrected chi connectivity index (χ3v) is 3.10. The maximum absolute atomic E-state index is 6.10. The summed E-state index contributed by atoms with van der Waals surface area (Å²) < 4.78 is 5.28. The highest BCUT2D eigenvalue weighted by molar-refractivity contribution is 5.11. The van der Waals surface area contributed by atoms with Gasteiger partial charge in [-0.25, -0.2) is 0 Å². The summed E-state index contributed by atoms with van der Waals surface area (Å²) >= 11 is 0. The zero-order chi connectivity index (χ0) is 11.9. The first kappa shape index (κ1) is 12.2. The van der Waals surface area contributed by atoms with Crippen LogP contribution >= 0.6 is 0 Å². The van der Waals surface area contributed by atoms with Crippen LogP contribution in [0.25, 0.3) is 0 Å². The Kier molecular flexibility index (Phi) is 2.92. The predicted octanol–water partition coefficient (Wildman–Crippen LogP) is 2.21. The molecule has 0 amide bonds. The lowest BCUT2D eigenvalue weighted by Crippen LogP contribution is -2.50. The maximum atomic E-state index is 6.10. The number of aromatic nitrogens is 2. The van der Waals surface area contributed by atoms with Gasteiger partial charge in [-0.15, -0.1) is 0 Å². The van der Waals surface area contributed by atoms with Crippen LogP contribution in [0.1, 0.15) is 59.2 Å². The van der Waals surface area contributed by atoms with Gasteiger partial charge in [0.05, 0.1) is 5.41 Å². The fraction of sp³-hybridized carbons (Fsp3) is 0.818. The van der Waals surface area contributed by atoms with E-state index in [0.29, 0.717) is 5.89 Å². The lowest BCUT2D eigenvalue weighted by atomic mass is 9.75. The summed E-state index contributed by atoms with van der Waals surface area (Å²) in [5.41, 5.74) is 5.38. The molecular weight excluding hydrogens is 190 g/mol. The molecule has 0 aliphatic rings. The van der Waals surface area contributed by atoms with E-state index in [1.807, 2.05) is 41.5 Å². The Balaban J connectivity index is 3.06. The second-order valence-electron chi connectivity index (χ2n) is 5.46. The Labute approximate surface area is 91.2 Å². The average molecular weight is 211 g/mol. The lowest BCUT2D eigenvalue weighted by molar-refractivity contribution is 0.222. The quantitative estimate of drug-likeness (QED) is 0.832. The highest BCUT2D eigenvalue weighted by Gasteiger charge is 2.40. The molecule has 1 rings (SSSR count). The summed E-state index contributed by atoms with van der Waals surface area (Å²) in [5.74, 6) is 1.63. The molecule has 0 saturated heterocycles. The van der Waals surface area contributed by atoms with Crippen molar-refractivity contribution < 1.29 is 4.52 Å². The van der Waals surface area contributed by atoms with Gasteiger partial charge >= 0.3 is 0 Å². The zero-order valence-electron chi connectivity index (χ0n) is 10.5. The van der Waals surface area contributed by atoms with Gasteiger partial charge < -0.3 is 10.3 Å². The second-order valence-corrected chi connectivity index (χ2v) is 5.46. The van der Waals surface area contributed by atoms with Gasteiger partial charge in [0.15, 0.2) is 5.82 Å². The van der Waals surface area contributed by atoms with Gasteiger partial charge in [-0.3, -0.25) is 0 Å². The molecule has 1 heterocycles. The van der Waals surface area contributed by atoms with Crippen LogP contribution in [-0.4, -0.2) is 15.7 Å². The fourth-order valence-corrected chi connectivity index (χ4v) is 0.999. The Bertz CT molecular complexity index is 334. The van der Waals surface area contributed by atoms with Gasteiger partial charge in [0, 0.05) is 11.5 Å². The molecule has 0 unspecified atom stereocenters. The standard InChI is InChI=1S/C11H21N3O/c1-7(2)8-13-9(15-14-8)10(3,4)11(5,6)12/h7H,12H2,1-6H3. The summed E-state index contributed by atoms with van der Waals surface area (Å²) in [7, 11) is 0. The number of rotatable bonds is 3. The molecule has 15 heavy (non-hydrogen) atoms. The Hall–Kier alpha value is -0.900. The summed E-state index contributed by atoms with van der Waals surface area (Å²) in [6.07, 6.45) is 0. The smallest absolute Gasteiger partial charge is 0.234 e. The van der Waals surface area contributed by atoms with E-state index in [1.165, 1.54) is 0 Å². The number of nitrogens with two attached hydrogens (primary N) is 1. The first-order chi connectivity index (χ1) is 6.66. The van der Waals surface area contributed by atoms with E-state index in [9.17, 15) is 0 Å². The predicted molar refractivity (Wildman–Crippen MR) is 59.7 cm³/mol. The van der Waals surface area contributed by atoms with Crippen LogP contribution in [0.15, 0.2) is 4.52 Å². The normalized spacial score (nSPS) is 13.6. The Morgan fingerprint density at radius 2 is 1.73 bits per heavy atom. The minimum Gasteiger partial charge on any atom is -0.339 e. The fourth-order valence-electron chi connectivity index (χ4n) is 0.999. The molecule has 0 aliphatic carbocycles. The highest BCUT2D eigenvalue weighted by Crippen LogP contribution is 2.32. The number of hydrogen-bond donors (Lipinski definition) is 1. The van der Waals surface area contributed by atoms with E-state index in [1.54, 1.807) is 0 Å². The molecule has 86 valence electrons. The van der Waals surface area contributed by atoms with Crippen LogP contribution in [0.2, 0.25) is 0 Å². The average Bonchev–Trinajstić information content (AvgIpc) is 2.49. The van der Waals surface area contributed by atoms with Gasteiger partial charge in [0.25, 0.3) is 0 Å². The molecule has 0 radical (unpaired) electrons. The largest absolute Gasteiger partial charge is 0.339 e. The summed E-state index contributed by atoms with van der Waals surface area (Å²) in [4.78, 5) is 4.39. The molecule has 4 heteroatoms. The van der Waals surface area contributed by atoms with Crippen molar-refractivity contribution in [3.63, 3.8) is 0 Å². The highest BCUT2D eigenvalue weighted by atomic mass is 16.5. The molecule has 0 saturated carbocycles. The topological polar surface area (TPSA) is 64.9 Å². The minimum atomic E-state index is -0.395. The van der Waals surface area contributed by atoms with Crippen molar-refractivity contribution >= 4 is 0 Å². The van der Waals surface area contributed by atoms with Crippen molar-refractivity contribution in [1.82, 2.24) is 10.1 Å². The van der Waals surface area contributed by atoms with Crippen molar-refractivity contribution in [3.05, 3.63) is 11.7 Å². The molecule has 1 aromatic heterocycles. The van der Waals surface area contributed by atoms with Gasteiger partial charge in [0.1, 0.15) is 0 Å². The van der Waals surface area contributed by atoms with E-state index in [-0.39, 0.29) is 11.3 Å². The summed E-state index contributed by atoms with van der Waals surface area (Å²) in [5, 5.41) is 3.95. The molecule has 0 bridgehead atoms. The molecular formula is C11H21N3O. The molecule has 4 nitrogen and oxygen atoms in total.